The largest absolute Gasteiger partial charge is 0.496 e. The number of fused-ring (bicyclic) bond motifs is 5. The molecule has 1 saturated heterocycles. The van der Waals surface area contributed by atoms with Crippen LogP contribution in [-0.4, -0.2) is 23.9 Å². The van der Waals surface area contributed by atoms with Crippen molar-refractivity contribution in [3.63, 3.8) is 0 Å². The third kappa shape index (κ3) is 1.88. The quantitative estimate of drug-likeness (QED) is 0.636. The third-order valence-corrected chi connectivity index (χ3v) is 5.61. The molecule has 25 heavy (non-hydrogen) atoms. The Balaban J connectivity index is 1.54. The smallest absolute Gasteiger partial charge is 0.238 e. The summed E-state index contributed by atoms with van der Waals surface area (Å²) in [5, 5.41) is 0. The number of imide groups is 1. The fraction of sp³-hybridized carbons (Fsp3) is 0.316. The summed E-state index contributed by atoms with van der Waals surface area (Å²) in [7, 11) is 1.55. The molecule has 2 aliphatic carbocycles. The maximum atomic E-state index is 12.9. The van der Waals surface area contributed by atoms with Crippen molar-refractivity contribution in [2.75, 3.05) is 12.0 Å². The number of carbonyl (C=O) groups is 2. The zero-order valence-corrected chi connectivity index (χ0v) is 13.6. The fourth-order valence-corrected chi connectivity index (χ4v) is 4.53. The average molecular weight is 336 g/mol. The monoisotopic (exact) mass is 336 g/mol. The molecule has 2 unspecified atom stereocenters. The van der Waals surface area contributed by atoms with Gasteiger partial charge in [0.1, 0.15) is 5.75 Å². The summed E-state index contributed by atoms with van der Waals surface area (Å²) in [5.74, 6) is 0.903. The molecule has 2 bridgehead atoms. The minimum Gasteiger partial charge on any atom is -0.496 e. The molecule has 6 nitrogen and oxygen atoms in total. The number of aromatic nitrogens is 1. The number of ether oxygens (including phenoxy) is 1. The van der Waals surface area contributed by atoms with Gasteiger partial charge < -0.3 is 9.15 Å². The molecule has 1 saturated carbocycles. The first-order valence-corrected chi connectivity index (χ1v) is 8.32. The molecule has 126 valence electrons. The lowest BCUT2D eigenvalue weighted by atomic mass is 9.85. The zero-order valence-electron chi connectivity index (χ0n) is 13.6. The summed E-state index contributed by atoms with van der Waals surface area (Å²) in [5.41, 5.74) is 1.27. The van der Waals surface area contributed by atoms with Crippen molar-refractivity contribution in [3.05, 3.63) is 42.9 Å². The van der Waals surface area contributed by atoms with Crippen molar-refractivity contribution < 1.29 is 18.7 Å². The highest BCUT2D eigenvalue weighted by atomic mass is 16.5. The number of benzene rings is 1. The van der Waals surface area contributed by atoms with E-state index in [0.717, 1.165) is 12.0 Å². The minimum absolute atomic E-state index is 0.0960. The predicted molar refractivity (Wildman–Crippen MR) is 88.7 cm³/mol. The van der Waals surface area contributed by atoms with Gasteiger partial charge in [-0.25, -0.2) is 9.88 Å². The number of rotatable bonds is 3. The van der Waals surface area contributed by atoms with Crippen LogP contribution in [0.15, 0.2) is 47.4 Å². The second-order valence-corrected chi connectivity index (χ2v) is 6.76. The number of nitrogens with zero attached hydrogens (tertiary/aromatic N) is 2. The SMILES string of the molecule is COc1cc(N2C(=O)[C@@H]3C4C=CC(C4)[C@@H]3C2=O)ccc1-c1cnco1. The second-order valence-electron chi connectivity index (χ2n) is 6.76. The standard InChI is InChI=1S/C19H16N2O4/c1-24-14-7-12(4-5-13(14)15-8-20-9-25-15)21-18(22)16-10-2-3-11(6-10)17(16)19(21)23/h2-5,7-11,16-17H,6H2,1H3/t10?,11?,16-,17+. The highest BCUT2D eigenvalue weighted by Gasteiger charge is 2.59. The number of anilines is 1. The molecule has 5 rings (SSSR count). The first-order chi connectivity index (χ1) is 12.2. The van der Waals surface area contributed by atoms with Gasteiger partial charge in [-0.1, -0.05) is 12.2 Å². The van der Waals surface area contributed by atoms with Gasteiger partial charge in [0.25, 0.3) is 0 Å². The number of hydrogen-bond donors (Lipinski definition) is 0. The van der Waals surface area contributed by atoms with Crippen LogP contribution in [0.3, 0.4) is 0 Å². The topological polar surface area (TPSA) is 72.6 Å². The maximum Gasteiger partial charge on any atom is 0.238 e. The van der Waals surface area contributed by atoms with Crippen LogP contribution in [0.1, 0.15) is 6.42 Å². The lowest BCUT2D eigenvalue weighted by Crippen LogP contribution is -2.32. The van der Waals surface area contributed by atoms with E-state index in [0.29, 0.717) is 17.2 Å². The molecule has 1 aromatic carbocycles. The highest BCUT2D eigenvalue weighted by Crippen LogP contribution is 2.53. The van der Waals surface area contributed by atoms with Crippen LogP contribution >= 0.6 is 0 Å². The minimum atomic E-state index is -0.206. The molecular formula is C19H16N2O4. The van der Waals surface area contributed by atoms with E-state index >= 15 is 0 Å². The highest BCUT2D eigenvalue weighted by molar-refractivity contribution is 6.23. The Morgan fingerprint density at radius 3 is 2.48 bits per heavy atom. The molecule has 1 aromatic heterocycles. The van der Waals surface area contributed by atoms with Gasteiger partial charge in [-0.05, 0) is 30.4 Å². The Kier molecular flexibility index (Phi) is 2.92. The van der Waals surface area contributed by atoms with E-state index in [1.54, 1.807) is 31.5 Å². The third-order valence-electron chi connectivity index (χ3n) is 5.61. The van der Waals surface area contributed by atoms with Crippen molar-refractivity contribution in [3.8, 4) is 17.1 Å². The van der Waals surface area contributed by atoms with Gasteiger partial charge in [0, 0.05) is 6.07 Å². The normalized spacial score (nSPS) is 29.6. The van der Waals surface area contributed by atoms with Gasteiger partial charge in [-0.2, -0.15) is 0 Å². The van der Waals surface area contributed by atoms with Crippen molar-refractivity contribution >= 4 is 17.5 Å². The first kappa shape index (κ1) is 14.5. The van der Waals surface area contributed by atoms with Gasteiger partial charge in [-0.3, -0.25) is 9.59 Å². The summed E-state index contributed by atoms with van der Waals surface area (Å²) >= 11 is 0. The lowest BCUT2D eigenvalue weighted by Gasteiger charge is -2.18. The van der Waals surface area contributed by atoms with Crippen LogP contribution in [0.5, 0.6) is 5.75 Å². The Morgan fingerprint density at radius 1 is 1.16 bits per heavy atom. The van der Waals surface area contributed by atoms with Gasteiger partial charge in [0.05, 0.1) is 36.4 Å². The molecular weight excluding hydrogens is 320 g/mol. The molecule has 2 aromatic rings. The fourth-order valence-electron chi connectivity index (χ4n) is 4.53. The molecule has 2 amide bonds. The van der Waals surface area contributed by atoms with Gasteiger partial charge in [-0.15, -0.1) is 0 Å². The summed E-state index contributed by atoms with van der Waals surface area (Å²) in [6.07, 6.45) is 8.05. The summed E-state index contributed by atoms with van der Waals surface area (Å²) in [6, 6.07) is 5.26. The van der Waals surface area contributed by atoms with Crippen LogP contribution < -0.4 is 9.64 Å². The van der Waals surface area contributed by atoms with Crippen LogP contribution in [0.4, 0.5) is 5.69 Å². The van der Waals surface area contributed by atoms with Gasteiger partial charge in [0.15, 0.2) is 12.2 Å². The Bertz CT molecular complexity index is 872. The molecule has 2 heterocycles. The van der Waals surface area contributed by atoms with Crippen LogP contribution in [0.2, 0.25) is 0 Å². The average Bonchev–Trinajstić information content (AvgIpc) is 3.39. The van der Waals surface area contributed by atoms with Crippen molar-refractivity contribution in [2.24, 2.45) is 23.7 Å². The summed E-state index contributed by atoms with van der Waals surface area (Å²) < 4.78 is 10.8. The molecule has 6 heteroatoms. The van der Waals surface area contributed by atoms with E-state index in [2.05, 4.69) is 17.1 Å². The number of allylic oxidation sites excluding steroid dienone is 2. The van der Waals surface area contributed by atoms with E-state index < -0.39 is 0 Å². The lowest BCUT2D eigenvalue weighted by molar-refractivity contribution is -0.123. The van der Waals surface area contributed by atoms with Gasteiger partial charge in [0.2, 0.25) is 11.8 Å². The zero-order chi connectivity index (χ0) is 17.1. The van der Waals surface area contributed by atoms with E-state index in [4.69, 9.17) is 9.15 Å². The van der Waals surface area contributed by atoms with E-state index in [1.807, 2.05) is 0 Å². The molecule has 0 spiro atoms. The van der Waals surface area contributed by atoms with E-state index in [1.165, 1.54) is 11.3 Å². The van der Waals surface area contributed by atoms with Crippen molar-refractivity contribution in [2.45, 2.75) is 6.42 Å². The number of carbonyl (C=O) groups excluding carboxylic acids is 2. The van der Waals surface area contributed by atoms with Crippen LogP contribution in [0.25, 0.3) is 11.3 Å². The number of amides is 2. The van der Waals surface area contributed by atoms with E-state index in [-0.39, 0.29) is 35.5 Å². The molecule has 3 aliphatic rings. The number of oxazole rings is 1. The van der Waals surface area contributed by atoms with E-state index in [9.17, 15) is 9.59 Å². The molecule has 1 aliphatic heterocycles. The summed E-state index contributed by atoms with van der Waals surface area (Å²) in [4.78, 5) is 31.0. The summed E-state index contributed by atoms with van der Waals surface area (Å²) in [6.45, 7) is 0. The van der Waals surface area contributed by atoms with Crippen molar-refractivity contribution in [1.29, 1.82) is 0 Å². The Labute approximate surface area is 144 Å². The van der Waals surface area contributed by atoms with Crippen molar-refractivity contribution in [1.82, 2.24) is 4.98 Å². The maximum absolute atomic E-state index is 12.9. The number of hydrogen-bond acceptors (Lipinski definition) is 5. The molecule has 0 radical (unpaired) electrons. The molecule has 2 fully saturated rings. The Hall–Kier alpha value is -2.89. The number of methoxy groups -OCH3 is 1. The van der Waals surface area contributed by atoms with Crippen LogP contribution in [0, 0.1) is 23.7 Å². The van der Waals surface area contributed by atoms with Crippen LogP contribution in [-0.2, 0) is 9.59 Å². The first-order valence-electron chi connectivity index (χ1n) is 8.32. The predicted octanol–water partition coefficient (Wildman–Crippen LogP) is 2.66. The second kappa shape index (κ2) is 5.05. The molecule has 4 atom stereocenters. The Morgan fingerprint density at radius 2 is 1.88 bits per heavy atom. The molecule has 0 N–H and O–H groups in total. The van der Waals surface area contributed by atoms with Gasteiger partial charge >= 0.3 is 0 Å².